The standard InChI is InChI=1S/C22H18N2S2/c1-3-9-16(10-4-1)21-20(26-17-11-5-2-6-12-17)15-25-22-23-18-13-7-8-14-19(18)24(21)22/h1-14,20-21H,15H2/t20-,21+/m1/s1. The molecule has 4 aromatic rings. The van der Waals surface area contributed by atoms with Crippen LogP contribution in [0.1, 0.15) is 11.6 Å². The van der Waals surface area contributed by atoms with E-state index in [0.717, 1.165) is 16.4 Å². The Hall–Kier alpha value is -2.17. The SMILES string of the molecule is c1ccc(S[C@@H]2CSc3nc4ccccc4n3[C@H]2c2ccccc2)cc1. The van der Waals surface area contributed by atoms with Gasteiger partial charge in [0.1, 0.15) is 0 Å². The number of fused-ring (bicyclic) bond motifs is 3. The molecule has 1 aromatic heterocycles. The first-order chi connectivity index (χ1) is 12.9. The van der Waals surface area contributed by atoms with Crippen molar-refractivity contribution < 1.29 is 0 Å². The van der Waals surface area contributed by atoms with Crippen molar-refractivity contribution in [1.29, 1.82) is 0 Å². The largest absolute Gasteiger partial charge is 0.310 e. The molecular formula is C22H18N2S2. The Labute approximate surface area is 161 Å². The second-order valence-corrected chi connectivity index (χ2v) is 8.69. The van der Waals surface area contributed by atoms with Gasteiger partial charge in [0.2, 0.25) is 0 Å². The van der Waals surface area contributed by atoms with Crippen LogP contribution in [0.5, 0.6) is 0 Å². The molecule has 128 valence electrons. The van der Waals surface area contributed by atoms with Crippen LogP contribution in [0.2, 0.25) is 0 Å². The van der Waals surface area contributed by atoms with Gasteiger partial charge in [-0.05, 0) is 29.8 Å². The smallest absolute Gasteiger partial charge is 0.169 e. The van der Waals surface area contributed by atoms with Gasteiger partial charge in [-0.15, -0.1) is 11.8 Å². The fourth-order valence-electron chi connectivity index (χ4n) is 3.59. The summed E-state index contributed by atoms with van der Waals surface area (Å²) in [5, 5.41) is 1.58. The molecule has 2 atom stereocenters. The third-order valence-electron chi connectivity index (χ3n) is 4.74. The molecule has 0 unspecified atom stereocenters. The second kappa shape index (κ2) is 6.86. The van der Waals surface area contributed by atoms with Gasteiger partial charge in [0.05, 0.1) is 17.1 Å². The van der Waals surface area contributed by atoms with Crippen molar-refractivity contribution >= 4 is 34.6 Å². The Kier molecular flexibility index (Phi) is 4.23. The molecule has 0 aliphatic carbocycles. The highest BCUT2D eigenvalue weighted by molar-refractivity contribution is 8.03. The van der Waals surface area contributed by atoms with Crippen molar-refractivity contribution in [2.75, 3.05) is 5.75 Å². The summed E-state index contributed by atoms with van der Waals surface area (Å²) in [7, 11) is 0. The van der Waals surface area contributed by atoms with Crippen LogP contribution in [-0.4, -0.2) is 20.6 Å². The second-order valence-electron chi connectivity index (χ2n) is 6.39. The summed E-state index contributed by atoms with van der Waals surface area (Å²) in [6.45, 7) is 0. The van der Waals surface area contributed by atoms with E-state index in [0.29, 0.717) is 5.25 Å². The zero-order valence-corrected chi connectivity index (χ0v) is 15.8. The minimum atomic E-state index is 0.282. The average Bonchev–Trinajstić information content (AvgIpc) is 3.08. The maximum absolute atomic E-state index is 4.89. The normalized spacial score (nSPS) is 19.4. The maximum Gasteiger partial charge on any atom is 0.169 e. The van der Waals surface area contributed by atoms with E-state index in [-0.39, 0.29) is 6.04 Å². The lowest BCUT2D eigenvalue weighted by molar-refractivity contribution is 0.539. The van der Waals surface area contributed by atoms with Gasteiger partial charge >= 0.3 is 0 Å². The molecule has 0 spiro atoms. The van der Waals surface area contributed by atoms with Gasteiger partial charge in [-0.2, -0.15) is 0 Å². The van der Waals surface area contributed by atoms with E-state index in [1.54, 1.807) is 0 Å². The monoisotopic (exact) mass is 374 g/mol. The van der Waals surface area contributed by atoms with Crippen molar-refractivity contribution in [3.63, 3.8) is 0 Å². The van der Waals surface area contributed by atoms with Crippen molar-refractivity contribution in [2.45, 2.75) is 21.3 Å². The highest BCUT2D eigenvalue weighted by atomic mass is 32.2. The molecule has 0 bridgehead atoms. The molecular weight excluding hydrogens is 356 g/mol. The molecule has 4 heteroatoms. The molecule has 1 aliphatic heterocycles. The van der Waals surface area contributed by atoms with Crippen LogP contribution in [0.15, 0.2) is 95.0 Å². The Balaban J connectivity index is 1.65. The third-order valence-corrected chi connectivity index (χ3v) is 7.30. The third kappa shape index (κ3) is 2.83. The van der Waals surface area contributed by atoms with Crippen molar-refractivity contribution in [3.8, 4) is 0 Å². The average molecular weight is 375 g/mol. The van der Waals surface area contributed by atoms with Crippen LogP contribution in [0.25, 0.3) is 11.0 Å². The van der Waals surface area contributed by atoms with Crippen LogP contribution in [0.4, 0.5) is 0 Å². The van der Waals surface area contributed by atoms with Gasteiger partial charge in [-0.1, -0.05) is 72.4 Å². The van der Waals surface area contributed by atoms with Crippen LogP contribution in [-0.2, 0) is 0 Å². The number of rotatable bonds is 3. The van der Waals surface area contributed by atoms with Crippen LogP contribution >= 0.6 is 23.5 Å². The first-order valence-corrected chi connectivity index (χ1v) is 10.6. The Bertz CT molecular complexity index is 1030. The molecule has 0 amide bonds. The minimum absolute atomic E-state index is 0.282. The van der Waals surface area contributed by atoms with Crippen molar-refractivity contribution in [3.05, 3.63) is 90.5 Å². The summed E-state index contributed by atoms with van der Waals surface area (Å²) in [6.07, 6.45) is 0. The number of thioether (sulfide) groups is 2. The van der Waals surface area contributed by atoms with Crippen LogP contribution < -0.4 is 0 Å². The summed E-state index contributed by atoms with van der Waals surface area (Å²) in [5.74, 6) is 1.06. The minimum Gasteiger partial charge on any atom is -0.310 e. The molecule has 3 aromatic carbocycles. The van der Waals surface area contributed by atoms with E-state index in [2.05, 4.69) is 89.5 Å². The lowest BCUT2D eigenvalue weighted by atomic mass is 10.0. The molecule has 0 saturated carbocycles. The molecule has 26 heavy (non-hydrogen) atoms. The van der Waals surface area contributed by atoms with E-state index in [4.69, 9.17) is 4.98 Å². The summed E-state index contributed by atoms with van der Waals surface area (Å²) < 4.78 is 2.44. The van der Waals surface area contributed by atoms with Crippen LogP contribution in [0, 0.1) is 0 Å². The van der Waals surface area contributed by atoms with E-state index in [1.165, 1.54) is 16.0 Å². The van der Waals surface area contributed by atoms with Gasteiger partial charge < -0.3 is 4.57 Å². The van der Waals surface area contributed by atoms with Gasteiger partial charge in [-0.25, -0.2) is 4.98 Å². The number of para-hydroxylation sites is 2. The Morgan fingerprint density at radius 1 is 0.846 bits per heavy atom. The molecule has 0 saturated heterocycles. The summed E-state index contributed by atoms with van der Waals surface area (Å²) >= 11 is 3.84. The molecule has 2 heterocycles. The summed E-state index contributed by atoms with van der Waals surface area (Å²) in [5.41, 5.74) is 3.66. The summed E-state index contributed by atoms with van der Waals surface area (Å²) in [6, 6.07) is 30.4. The topological polar surface area (TPSA) is 17.8 Å². The molecule has 5 rings (SSSR count). The lowest BCUT2D eigenvalue weighted by Gasteiger charge is -2.33. The number of nitrogens with zero attached hydrogens (tertiary/aromatic N) is 2. The fraction of sp³-hybridized carbons (Fsp3) is 0.136. The number of benzene rings is 3. The predicted molar refractivity (Wildman–Crippen MR) is 111 cm³/mol. The predicted octanol–water partition coefficient (Wildman–Crippen LogP) is 5.89. The molecule has 0 radical (unpaired) electrons. The molecule has 0 N–H and O–H groups in total. The van der Waals surface area contributed by atoms with Gasteiger partial charge in [0, 0.05) is 15.9 Å². The molecule has 1 aliphatic rings. The lowest BCUT2D eigenvalue weighted by Crippen LogP contribution is -2.29. The fourth-order valence-corrected chi connectivity index (χ4v) is 6.15. The first kappa shape index (κ1) is 16.0. The van der Waals surface area contributed by atoms with E-state index < -0.39 is 0 Å². The van der Waals surface area contributed by atoms with Gasteiger partial charge in [-0.3, -0.25) is 0 Å². The highest BCUT2D eigenvalue weighted by Gasteiger charge is 2.34. The van der Waals surface area contributed by atoms with E-state index in [9.17, 15) is 0 Å². The molecule has 2 nitrogen and oxygen atoms in total. The highest BCUT2D eigenvalue weighted by Crippen LogP contribution is 2.45. The van der Waals surface area contributed by atoms with Crippen molar-refractivity contribution in [1.82, 2.24) is 9.55 Å². The summed E-state index contributed by atoms with van der Waals surface area (Å²) in [4.78, 5) is 6.21. The first-order valence-electron chi connectivity index (χ1n) is 8.76. The van der Waals surface area contributed by atoms with E-state index >= 15 is 0 Å². The van der Waals surface area contributed by atoms with E-state index in [1.807, 2.05) is 23.5 Å². The van der Waals surface area contributed by atoms with Gasteiger partial charge in [0.25, 0.3) is 0 Å². The quantitative estimate of drug-likeness (QED) is 0.445. The maximum atomic E-state index is 4.89. The zero-order valence-electron chi connectivity index (χ0n) is 14.2. The Morgan fingerprint density at radius 2 is 1.54 bits per heavy atom. The number of hydrogen-bond acceptors (Lipinski definition) is 3. The number of aromatic nitrogens is 2. The van der Waals surface area contributed by atoms with Gasteiger partial charge in [0.15, 0.2) is 5.16 Å². The zero-order chi connectivity index (χ0) is 17.3. The number of imidazole rings is 1. The molecule has 0 fully saturated rings. The number of hydrogen-bond donors (Lipinski definition) is 0. The van der Waals surface area contributed by atoms with Crippen LogP contribution in [0.3, 0.4) is 0 Å². The Morgan fingerprint density at radius 3 is 2.35 bits per heavy atom. The van der Waals surface area contributed by atoms with Crippen molar-refractivity contribution in [2.24, 2.45) is 0 Å².